The Morgan fingerprint density at radius 2 is 2.00 bits per heavy atom. The molecule has 0 aromatic heterocycles. The second-order valence-electron chi connectivity index (χ2n) is 3.79. The predicted octanol–water partition coefficient (Wildman–Crippen LogP) is 1.19. The molecule has 0 saturated carbocycles. The fourth-order valence-electron chi connectivity index (χ4n) is 1.95. The van der Waals surface area contributed by atoms with Gasteiger partial charge in [0.1, 0.15) is 0 Å². The average Bonchev–Trinajstić information content (AvgIpc) is 2.39. The molecule has 1 heterocycles. The van der Waals surface area contributed by atoms with Crippen LogP contribution < -0.4 is 0 Å². The van der Waals surface area contributed by atoms with Crippen LogP contribution in [0.15, 0.2) is 40.9 Å². The first kappa shape index (κ1) is 12.5. The molecular formula is C13H8N3OSe. The molecule has 2 atom stereocenters. The van der Waals surface area contributed by atoms with Gasteiger partial charge in [-0.15, -0.1) is 0 Å². The van der Waals surface area contributed by atoms with Gasteiger partial charge in [0.2, 0.25) is 0 Å². The Hall–Kier alpha value is -1.98. The van der Waals surface area contributed by atoms with Crippen LogP contribution in [-0.4, -0.2) is 32.4 Å². The number of hydrogen-bond acceptors (Lipinski definition) is 3. The minimum absolute atomic E-state index is 0.343. The van der Waals surface area contributed by atoms with Crippen LogP contribution in [0, 0.1) is 22.7 Å². The number of aliphatic imine (C=N–C) groups is 1. The molecule has 1 aliphatic heterocycles. The van der Waals surface area contributed by atoms with E-state index in [0.717, 1.165) is 5.56 Å². The monoisotopic (exact) mass is 302 g/mol. The summed E-state index contributed by atoms with van der Waals surface area (Å²) in [5, 5.41) is 16.5. The molecule has 0 aliphatic carbocycles. The van der Waals surface area contributed by atoms with Gasteiger partial charge in [0.25, 0.3) is 0 Å². The molecule has 0 spiro atoms. The van der Waals surface area contributed by atoms with Crippen LogP contribution in [-0.2, 0) is 4.79 Å². The van der Waals surface area contributed by atoms with Crippen molar-refractivity contribution in [3.8, 4) is 6.07 Å². The van der Waals surface area contributed by atoms with E-state index in [-0.39, 0.29) is 0 Å². The Balaban J connectivity index is 2.62. The number of benzene rings is 1. The zero-order valence-corrected chi connectivity index (χ0v) is 11.0. The van der Waals surface area contributed by atoms with Crippen LogP contribution in [0.2, 0.25) is 0 Å². The molecule has 1 radical (unpaired) electrons. The summed E-state index contributed by atoms with van der Waals surface area (Å²) in [4.78, 5) is 15.5. The van der Waals surface area contributed by atoms with Crippen molar-refractivity contribution >= 4 is 32.4 Å². The number of allylic oxidation sites excluding steroid dienone is 1. The summed E-state index contributed by atoms with van der Waals surface area (Å²) in [6.07, 6.45) is 0. The van der Waals surface area contributed by atoms with Gasteiger partial charge in [0, 0.05) is 0 Å². The number of nitrogens with zero attached hydrogens (tertiary/aromatic N) is 2. The molecule has 1 aromatic carbocycles. The predicted molar refractivity (Wildman–Crippen MR) is 67.7 cm³/mol. The van der Waals surface area contributed by atoms with Crippen molar-refractivity contribution in [2.45, 2.75) is 5.92 Å². The molecule has 1 N–H and O–H groups in total. The van der Waals surface area contributed by atoms with Gasteiger partial charge in [-0.1, -0.05) is 0 Å². The summed E-state index contributed by atoms with van der Waals surface area (Å²) in [5.41, 5.74) is 1.27. The summed E-state index contributed by atoms with van der Waals surface area (Å²) in [6.45, 7) is 0. The van der Waals surface area contributed by atoms with Gasteiger partial charge in [-0.2, -0.15) is 0 Å². The fraction of sp³-hybridized carbons (Fsp3) is 0.154. The number of rotatable bonds is 1. The zero-order chi connectivity index (χ0) is 13.1. The first-order valence-electron chi connectivity index (χ1n) is 5.23. The second-order valence-corrected chi connectivity index (χ2v) is 4.60. The summed E-state index contributed by atoms with van der Waals surface area (Å²) < 4.78 is 0.343. The third-order valence-electron chi connectivity index (χ3n) is 2.78. The Morgan fingerprint density at radius 3 is 2.56 bits per heavy atom. The van der Waals surface area contributed by atoms with E-state index in [9.17, 15) is 4.79 Å². The minimum atomic E-state index is -0.891. The molecule has 0 bridgehead atoms. The standard InChI is InChI=1S/C13H8N3OSe/c14-6-9-11(8-4-2-1-3-5-8)10(7-15)13(18)16-12(9)17/h1-5,9,11,15H. The Bertz CT molecular complexity index is 609. The topological polar surface area (TPSA) is 77.1 Å². The summed E-state index contributed by atoms with van der Waals surface area (Å²) >= 11 is 2.65. The normalized spacial score (nSPS) is 22.9. The van der Waals surface area contributed by atoms with Gasteiger partial charge in [-0.05, 0) is 0 Å². The van der Waals surface area contributed by atoms with Gasteiger partial charge in [-0.3, -0.25) is 0 Å². The first-order valence-corrected chi connectivity index (χ1v) is 6.08. The number of nitrogens with one attached hydrogen (secondary N) is 1. The zero-order valence-electron chi connectivity index (χ0n) is 9.25. The molecular weight excluding hydrogens is 293 g/mol. The van der Waals surface area contributed by atoms with Crippen LogP contribution >= 0.6 is 0 Å². The molecule has 1 aliphatic rings. The van der Waals surface area contributed by atoms with Crippen molar-refractivity contribution in [1.29, 1.82) is 10.7 Å². The van der Waals surface area contributed by atoms with E-state index in [2.05, 4.69) is 26.9 Å². The summed E-state index contributed by atoms with van der Waals surface area (Å²) in [5.74, 6) is 0.447. The van der Waals surface area contributed by atoms with Crippen molar-refractivity contribution in [3.05, 3.63) is 41.5 Å². The molecule has 0 fully saturated rings. The fourth-order valence-corrected chi connectivity index (χ4v) is 2.51. The van der Waals surface area contributed by atoms with Gasteiger partial charge >= 0.3 is 112 Å². The van der Waals surface area contributed by atoms with Crippen molar-refractivity contribution in [1.82, 2.24) is 0 Å². The molecule has 4 nitrogen and oxygen atoms in total. The number of hydrogen-bond donors (Lipinski definition) is 1. The maximum absolute atomic E-state index is 11.7. The SMILES string of the molecule is N#CC1C(=O)N=C([Se])C(=C=N)C1c1ccccc1. The van der Waals surface area contributed by atoms with E-state index >= 15 is 0 Å². The first-order chi connectivity index (χ1) is 8.69. The number of nitriles is 1. The van der Waals surface area contributed by atoms with E-state index < -0.39 is 17.7 Å². The van der Waals surface area contributed by atoms with Gasteiger partial charge in [-0.25, -0.2) is 0 Å². The molecule has 2 unspecified atom stereocenters. The maximum atomic E-state index is 11.7. The summed E-state index contributed by atoms with van der Waals surface area (Å²) in [7, 11) is 0. The molecule has 2 rings (SSSR count). The van der Waals surface area contributed by atoms with E-state index in [1.807, 2.05) is 36.4 Å². The van der Waals surface area contributed by atoms with Crippen molar-refractivity contribution in [3.63, 3.8) is 0 Å². The van der Waals surface area contributed by atoms with Crippen molar-refractivity contribution in [2.75, 3.05) is 0 Å². The molecule has 0 saturated heterocycles. The van der Waals surface area contributed by atoms with Gasteiger partial charge in [0.15, 0.2) is 0 Å². The van der Waals surface area contributed by atoms with Crippen LogP contribution in [0.4, 0.5) is 0 Å². The molecule has 1 amide bonds. The van der Waals surface area contributed by atoms with Crippen LogP contribution in [0.25, 0.3) is 0 Å². The second kappa shape index (κ2) is 5.12. The third-order valence-corrected chi connectivity index (χ3v) is 3.44. The van der Waals surface area contributed by atoms with E-state index in [1.54, 1.807) is 0 Å². The van der Waals surface area contributed by atoms with Crippen LogP contribution in [0.5, 0.6) is 0 Å². The molecule has 87 valence electrons. The number of carbonyl (C=O) groups is 1. The van der Waals surface area contributed by atoms with Crippen molar-refractivity contribution < 1.29 is 4.79 Å². The molecule has 5 heteroatoms. The van der Waals surface area contributed by atoms with E-state index in [4.69, 9.17) is 10.7 Å². The molecule has 18 heavy (non-hydrogen) atoms. The number of amides is 1. The molecule has 1 aromatic rings. The summed E-state index contributed by atoms with van der Waals surface area (Å²) in [6, 6.07) is 11.2. The third kappa shape index (κ3) is 2.05. The van der Waals surface area contributed by atoms with Gasteiger partial charge < -0.3 is 0 Å². The quantitative estimate of drug-likeness (QED) is 0.625. The van der Waals surface area contributed by atoms with Crippen LogP contribution in [0.1, 0.15) is 11.5 Å². The van der Waals surface area contributed by atoms with E-state index in [1.165, 1.54) is 0 Å². The van der Waals surface area contributed by atoms with E-state index in [0.29, 0.717) is 10.2 Å². The average molecular weight is 301 g/mol. The van der Waals surface area contributed by atoms with Crippen molar-refractivity contribution in [2.24, 2.45) is 10.9 Å². The van der Waals surface area contributed by atoms with Gasteiger partial charge in [0.05, 0.1) is 0 Å². The number of carbonyl (C=O) groups excluding carboxylic acids is 1. The van der Waals surface area contributed by atoms with Crippen LogP contribution in [0.3, 0.4) is 0 Å². The Kier molecular flexibility index (Phi) is 3.55. The Labute approximate surface area is 112 Å². The Morgan fingerprint density at radius 1 is 1.33 bits per heavy atom.